The van der Waals surface area contributed by atoms with Gasteiger partial charge in [-0.1, -0.05) is 151 Å². The molecular formula is C39H39FeO9S3. The molecule has 6 rings (SSSR count). The molecule has 0 heterocycles. The fourth-order valence-electron chi connectivity index (χ4n) is 5.98. The van der Waals surface area contributed by atoms with Gasteiger partial charge in [-0.3, -0.25) is 0 Å². The van der Waals surface area contributed by atoms with E-state index in [0.29, 0.717) is 32.8 Å². The van der Waals surface area contributed by atoms with Crippen molar-refractivity contribution in [2.45, 2.75) is 74.0 Å². The van der Waals surface area contributed by atoms with Gasteiger partial charge in [0.15, 0.2) is 0 Å². The second-order valence-electron chi connectivity index (χ2n) is 12.9. The maximum atomic E-state index is 11.4. The zero-order chi connectivity index (χ0) is 37.9. The van der Waals surface area contributed by atoms with Gasteiger partial charge in [0.2, 0.25) is 0 Å². The van der Waals surface area contributed by atoms with Crippen LogP contribution in [0.25, 0.3) is 32.3 Å². The first kappa shape index (κ1) is 42.8. The largest absolute Gasteiger partial charge is 3.00 e. The molecule has 0 aliphatic heterocycles. The number of hydrogen-bond donors (Lipinski definition) is 0. The van der Waals surface area contributed by atoms with Gasteiger partial charge >= 0.3 is 17.1 Å². The van der Waals surface area contributed by atoms with Gasteiger partial charge in [-0.2, -0.15) is 0 Å². The maximum Gasteiger partial charge on any atom is 3.00 e. The Bertz CT molecular complexity index is 2260. The standard InChI is InChI=1S/3C13H14O3S.Fe/c3*1-9(2)11-8-7-10-5-3-4-6-12(10)13(11)17(14,15)16;/h3*3-9H,1-2H3,(H,14,15,16);/q;;;+3/p-3. The van der Waals surface area contributed by atoms with Crippen molar-refractivity contribution in [2.24, 2.45) is 0 Å². The molecule has 0 amide bonds. The van der Waals surface area contributed by atoms with E-state index in [0.717, 1.165) is 16.2 Å². The zero-order valence-electron chi connectivity index (χ0n) is 29.4. The molecule has 6 aromatic rings. The summed E-state index contributed by atoms with van der Waals surface area (Å²) in [5.41, 5.74) is 1.75. The van der Waals surface area contributed by atoms with Crippen molar-refractivity contribution in [3.05, 3.63) is 126 Å². The number of fused-ring (bicyclic) bond motifs is 3. The van der Waals surface area contributed by atoms with Crippen molar-refractivity contribution in [3.63, 3.8) is 0 Å². The normalized spacial score (nSPS) is 12.0. The van der Waals surface area contributed by atoms with Gasteiger partial charge in [0.1, 0.15) is 30.4 Å². The summed E-state index contributed by atoms with van der Waals surface area (Å²) < 4.78 is 103. The van der Waals surface area contributed by atoms with Crippen molar-refractivity contribution in [2.75, 3.05) is 0 Å². The van der Waals surface area contributed by atoms with Crippen LogP contribution in [0.1, 0.15) is 76.0 Å². The Morgan fingerprint density at radius 3 is 0.769 bits per heavy atom. The molecule has 0 saturated heterocycles. The van der Waals surface area contributed by atoms with Crippen LogP contribution in [-0.2, 0) is 47.4 Å². The van der Waals surface area contributed by atoms with Crippen LogP contribution >= 0.6 is 0 Å². The molecule has 0 aliphatic rings. The fraction of sp³-hybridized carbons (Fsp3) is 0.231. The summed E-state index contributed by atoms with van der Waals surface area (Å²) in [6, 6.07) is 31.8. The van der Waals surface area contributed by atoms with Gasteiger partial charge in [-0.25, -0.2) is 25.3 Å². The Kier molecular flexibility index (Phi) is 14.0. The number of hydrogen-bond acceptors (Lipinski definition) is 9. The molecule has 1 radical (unpaired) electrons. The first-order valence-electron chi connectivity index (χ1n) is 16.2. The Labute approximate surface area is 316 Å². The van der Waals surface area contributed by atoms with Gasteiger partial charge in [0, 0.05) is 0 Å². The van der Waals surface area contributed by atoms with Gasteiger partial charge < -0.3 is 13.7 Å². The minimum absolute atomic E-state index is 0. The minimum Gasteiger partial charge on any atom is -0.744 e. The molecule has 0 aromatic heterocycles. The van der Waals surface area contributed by atoms with Crippen molar-refractivity contribution in [3.8, 4) is 0 Å². The molecule has 0 unspecified atom stereocenters. The summed E-state index contributed by atoms with van der Waals surface area (Å²) in [5.74, 6) is -0.00464. The summed E-state index contributed by atoms with van der Waals surface area (Å²) in [7, 11) is -13.4. The smallest absolute Gasteiger partial charge is 0.744 e. The third kappa shape index (κ3) is 9.85. The monoisotopic (exact) mass is 803 g/mol. The molecule has 0 fully saturated rings. The molecule has 6 aromatic carbocycles. The van der Waals surface area contributed by atoms with Gasteiger partial charge in [0.25, 0.3) is 0 Å². The van der Waals surface area contributed by atoms with E-state index in [1.165, 1.54) is 0 Å². The summed E-state index contributed by atoms with van der Waals surface area (Å²) in [5, 5.41) is 3.83. The van der Waals surface area contributed by atoms with Crippen LogP contribution in [0.4, 0.5) is 0 Å². The predicted molar refractivity (Wildman–Crippen MR) is 198 cm³/mol. The van der Waals surface area contributed by atoms with Gasteiger partial charge in [-0.05, 0) is 66.8 Å². The average Bonchev–Trinajstić information content (AvgIpc) is 3.05. The Morgan fingerprint density at radius 2 is 0.577 bits per heavy atom. The van der Waals surface area contributed by atoms with Crippen LogP contribution in [0.15, 0.2) is 124 Å². The minimum atomic E-state index is -4.46. The first-order chi connectivity index (χ1) is 23.7. The van der Waals surface area contributed by atoms with Crippen molar-refractivity contribution >= 4 is 62.7 Å². The van der Waals surface area contributed by atoms with Gasteiger partial charge in [-0.15, -0.1) is 0 Å². The molecule has 0 bridgehead atoms. The molecule has 0 spiro atoms. The van der Waals surface area contributed by atoms with E-state index in [-0.39, 0.29) is 49.5 Å². The summed E-state index contributed by atoms with van der Waals surface area (Å²) >= 11 is 0. The number of benzene rings is 6. The molecule has 0 saturated carbocycles. The molecule has 0 N–H and O–H groups in total. The van der Waals surface area contributed by atoms with E-state index in [2.05, 4.69) is 0 Å². The SMILES string of the molecule is CC(C)c1ccc2ccccc2c1S(=O)(=O)[O-].CC(C)c1ccc2ccccc2c1S(=O)(=O)[O-].CC(C)c1ccc2ccccc2c1S(=O)(=O)[O-].[Fe+3]. The molecule has 13 heteroatoms. The molecule has 52 heavy (non-hydrogen) atoms. The van der Waals surface area contributed by atoms with Crippen molar-refractivity contribution < 1.29 is 56.0 Å². The Morgan fingerprint density at radius 1 is 0.365 bits per heavy atom. The molecule has 0 aliphatic carbocycles. The second-order valence-corrected chi connectivity index (χ2v) is 16.9. The van der Waals surface area contributed by atoms with Crippen LogP contribution in [0.2, 0.25) is 0 Å². The molecular weight excluding hydrogens is 764 g/mol. The van der Waals surface area contributed by atoms with Gasteiger partial charge in [0.05, 0.1) is 14.7 Å². The quantitative estimate of drug-likeness (QED) is 0.118. The van der Waals surface area contributed by atoms with Crippen LogP contribution in [0, 0.1) is 0 Å². The third-order valence-corrected chi connectivity index (χ3v) is 11.2. The van der Waals surface area contributed by atoms with E-state index in [9.17, 15) is 38.9 Å². The number of rotatable bonds is 6. The Balaban J connectivity index is 0.000000208. The average molecular weight is 804 g/mol. The summed E-state index contributed by atoms with van der Waals surface area (Å²) in [4.78, 5) is -0.234. The predicted octanol–water partition coefficient (Wildman–Crippen LogP) is 8.60. The molecule has 9 nitrogen and oxygen atoms in total. The van der Waals surface area contributed by atoms with Crippen LogP contribution in [0.5, 0.6) is 0 Å². The zero-order valence-corrected chi connectivity index (χ0v) is 32.9. The topological polar surface area (TPSA) is 172 Å². The molecule has 0 atom stereocenters. The first-order valence-corrected chi connectivity index (χ1v) is 20.4. The van der Waals surface area contributed by atoms with E-state index in [4.69, 9.17) is 0 Å². The van der Waals surface area contributed by atoms with Crippen LogP contribution in [-0.4, -0.2) is 38.9 Å². The maximum absolute atomic E-state index is 11.4. The Hall–Kier alpha value is -3.65. The second kappa shape index (κ2) is 17.0. The van der Waals surface area contributed by atoms with E-state index in [1.54, 1.807) is 72.8 Å². The third-order valence-electron chi connectivity index (χ3n) is 8.35. The van der Waals surface area contributed by atoms with E-state index < -0.39 is 30.4 Å². The van der Waals surface area contributed by atoms with Crippen molar-refractivity contribution in [1.29, 1.82) is 0 Å². The summed E-state index contributed by atoms with van der Waals surface area (Å²) in [6.45, 7) is 11.2. The molecule has 275 valence electrons. The summed E-state index contributed by atoms with van der Waals surface area (Å²) in [6.07, 6.45) is 0. The van der Waals surface area contributed by atoms with E-state index >= 15 is 0 Å². The van der Waals surface area contributed by atoms with E-state index in [1.807, 2.05) is 77.9 Å². The van der Waals surface area contributed by atoms with Crippen LogP contribution < -0.4 is 0 Å². The van der Waals surface area contributed by atoms with Crippen molar-refractivity contribution in [1.82, 2.24) is 0 Å². The van der Waals surface area contributed by atoms with Crippen LogP contribution in [0.3, 0.4) is 0 Å². The fourth-order valence-corrected chi connectivity index (χ4v) is 9.12.